The van der Waals surface area contributed by atoms with Crippen molar-refractivity contribution in [2.24, 2.45) is 0 Å². The van der Waals surface area contributed by atoms with Gasteiger partial charge in [0, 0.05) is 66.8 Å². The molecular formula is C57H36B2N4. The molecule has 0 amide bonds. The Morgan fingerprint density at radius 1 is 0.381 bits per heavy atom. The van der Waals surface area contributed by atoms with E-state index in [1.165, 1.54) is 133 Å². The molecule has 0 saturated carbocycles. The summed E-state index contributed by atoms with van der Waals surface area (Å²) in [6.07, 6.45) is 0. The Kier molecular flexibility index (Phi) is 5.78. The van der Waals surface area contributed by atoms with Crippen molar-refractivity contribution in [2.75, 3.05) is 9.80 Å². The molecule has 0 radical (unpaired) electrons. The van der Waals surface area contributed by atoms with Gasteiger partial charge in [0.1, 0.15) is 0 Å². The second-order valence-electron chi connectivity index (χ2n) is 18.8. The van der Waals surface area contributed by atoms with Crippen LogP contribution in [0.1, 0.15) is 25.0 Å². The molecule has 0 spiro atoms. The lowest BCUT2D eigenvalue weighted by molar-refractivity contribution is 0.632. The molecule has 2 aromatic heterocycles. The predicted molar refractivity (Wildman–Crippen MR) is 266 cm³/mol. The molecule has 7 heterocycles. The third kappa shape index (κ3) is 3.67. The van der Waals surface area contributed by atoms with Gasteiger partial charge in [-0.25, -0.2) is 0 Å². The average molecular weight is 799 g/mol. The standard InChI is InChI=1S/C57H36B2N4/c1-57(2)37-21-8-13-28-45(37)62-49-32-48-52-56-51(49)58(41-25-16-22-38(57)54(41)62)39-23-9-14-29-46(39)63(56)47-30-15-10-24-40(47)59(52)42-31-36-34-19-6-11-26-43(34)60(33-17-4-3-5-18-33)53(36)50-35-20-7-12-27-44(35)61(48)55(42)50/h3-32H,1-2H3. The summed E-state index contributed by atoms with van der Waals surface area (Å²) in [6, 6.07) is 69.2. The van der Waals surface area contributed by atoms with Crippen LogP contribution in [0.15, 0.2) is 182 Å². The van der Waals surface area contributed by atoms with E-state index < -0.39 is 0 Å². The monoisotopic (exact) mass is 798 g/mol. The van der Waals surface area contributed by atoms with E-state index in [0.717, 1.165) is 0 Å². The Morgan fingerprint density at radius 2 is 0.952 bits per heavy atom. The summed E-state index contributed by atoms with van der Waals surface area (Å²) in [4.78, 5) is 5.31. The fourth-order valence-corrected chi connectivity index (χ4v) is 13.3. The number of para-hydroxylation sites is 7. The van der Waals surface area contributed by atoms with Crippen LogP contribution in [0.4, 0.5) is 34.1 Å². The van der Waals surface area contributed by atoms with Crippen LogP contribution >= 0.6 is 0 Å². The summed E-state index contributed by atoms with van der Waals surface area (Å²) in [5, 5.41) is 5.17. The summed E-state index contributed by atoms with van der Waals surface area (Å²) >= 11 is 0. The second-order valence-corrected chi connectivity index (χ2v) is 18.8. The number of nitrogens with zero attached hydrogens (tertiary/aromatic N) is 4. The van der Waals surface area contributed by atoms with E-state index >= 15 is 0 Å². The number of anilines is 6. The number of aromatic nitrogens is 2. The highest BCUT2D eigenvalue weighted by atomic mass is 15.2. The Bertz CT molecular complexity index is 3930. The van der Waals surface area contributed by atoms with Gasteiger partial charge >= 0.3 is 0 Å². The summed E-state index contributed by atoms with van der Waals surface area (Å²) in [7, 11) is 0. The van der Waals surface area contributed by atoms with Crippen molar-refractivity contribution in [1.82, 2.24) is 9.13 Å². The lowest BCUT2D eigenvalue weighted by Crippen LogP contribution is -2.68. The SMILES string of the molecule is CC1(C)c2ccccc2N2c3cc4c5c6c3B(c3ccccc3N6c3ccccc3B5c3cc5c6ccccc6n(-c6ccccc6)c5c5c6ccccc6n-4c35)c3cccc1c32. The van der Waals surface area contributed by atoms with E-state index in [1.54, 1.807) is 0 Å². The molecule has 6 heteroatoms. The molecule has 4 nitrogen and oxygen atoms in total. The number of benzene rings is 9. The third-order valence-electron chi connectivity index (χ3n) is 15.6. The topological polar surface area (TPSA) is 16.3 Å². The maximum absolute atomic E-state index is 2.66. The minimum absolute atomic E-state index is 0.0153. The zero-order valence-electron chi connectivity index (χ0n) is 34.8. The average Bonchev–Trinajstić information content (AvgIpc) is 3.85. The molecule has 290 valence electrons. The molecule has 9 aromatic carbocycles. The third-order valence-corrected chi connectivity index (χ3v) is 15.6. The van der Waals surface area contributed by atoms with Gasteiger partial charge in [-0.15, -0.1) is 0 Å². The molecule has 5 aliphatic heterocycles. The lowest BCUT2D eigenvalue weighted by Gasteiger charge is -2.52. The maximum Gasteiger partial charge on any atom is 0.252 e. The highest BCUT2D eigenvalue weighted by Crippen LogP contribution is 2.55. The molecule has 0 saturated heterocycles. The zero-order chi connectivity index (χ0) is 41.0. The minimum Gasteiger partial charge on any atom is -0.312 e. The molecule has 0 fully saturated rings. The van der Waals surface area contributed by atoms with E-state index in [9.17, 15) is 0 Å². The summed E-state index contributed by atoms with van der Waals surface area (Å²) in [5.74, 6) is 0. The summed E-state index contributed by atoms with van der Waals surface area (Å²) in [5.41, 5.74) is 26.1. The smallest absolute Gasteiger partial charge is 0.252 e. The Hall–Kier alpha value is -7.69. The van der Waals surface area contributed by atoms with E-state index in [4.69, 9.17) is 0 Å². The fraction of sp³-hybridized carbons (Fsp3) is 0.0526. The summed E-state index contributed by atoms with van der Waals surface area (Å²) in [6.45, 7) is 4.91. The first-order valence-corrected chi connectivity index (χ1v) is 22.4. The van der Waals surface area contributed by atoms with Gasteiger partial charge in [0.2, 0.25) is 0 Å². The molecular weight excluding hydrogens is 762 g/mol. The molecule has 0 unspecified atom stereocenters. The normalized spacial score (nSPS) is 15.1. The van der Waals surface area contributed by atoms with Gasteiger partial charge in [-0.2, -0.15) is 0 Å². The van der Waals surface area contributed by atoms with Gasteiger partial charge < -0.3 is 18.9 Å². The number of hydrogen-bond donors (Lipinski definition) is 0. The lowest BCUT2D eigenvalue weighted by atomic mass is 9.28. The summed E-state index contributed by atoms with van der Waals surface area (Å²) < 4.78 is 5.19. The second kappa shape index (κ2) is 11.0. The van der Waals surface area contributed by atoms with Gasteiger partial charge in [-0.3, -0.25) is 0 Å². The van der Waals surface area contributed by atoms with Crippen molar-refractivity contribution in [2.45, 2.75) is 19.3 Å². The quantitative estimate of drug-likeness (QED) is 0.154. The van der Waals surface area contributed by atoms with Gasteiger partial charge in [0.05, 0.1) is 27.8 Å². The molecule has 0 bridgehead atoms. The van der Waals surface area contributed by atoms with Crippen LogP contribution in [0.2, 0.25) is 0 Å². The van der Waals surface area contributed by atoms with Crippen molar-refractivity contribution in [1.29, 1.82) is 0 Å². The Balaban J connectivity index is 1.15. The van der Waals surface area contributed by atoms with Crippen LogP contribution in [0.5, 0.6) is 0 Å². The van der Waals surface area contributed by atoms with Crippen LogP contribution in [0.25, 0.3) is 55.0 Å². The van der Waals surface area contributed by atoms with Crippen molar-refractivity contribution in [3.63, 3.8) is 0 Å². The minimum atomic E-state index is -0.174. The van der Waals surface area contributed by atoms with Crippen LogP contribution in [-0.4, -0.2) is 22.6 Å². The van der Waals surface area contributed by atoms with Crippen LogP contribution in [0, 0.1) is 0 Å². The predicted octanol–water partition coefficient (Wildman–Crippen LogP) is 9.75. The molecule has 0 N–H and O–H groups in total. The van der Waals surface area contributed by atoms with E-state index in [2.05, 4.69) is 215 Å². The highest BCUT2D eigenvalue weighted by Gasteiger charge is 2.53. The fourth-order valence-electron chi connectivity index (χ4n) is 13.3. The number of fused-ring (bicyclic) bond motifs is 19. The van der Waals surface area contributed by atoms with E-state index in [0.29, 0.717) is 0 Å². The van der Waals surface area contributed by atoms with Crippen LogP contribution < -0.4 is 42.6 Å². The molecule has 0 aliphatic carbocycles. The Labute approximate surface area is 365 Å². The van der Waals surface area contributed by atoms with E-state index in [1.807, 2.05) is 0 Å². The van der Waals surface area contributed by atoms with Crippen molar-refractivity contribution in [3.8, 4) is 11.4 Å². The Morgan fingerprint density at radius 3 is 1.73 bits per heavy atom. The molecule has 63 heavy (non-hydrogen) atoms. The highest BCUT2D eigenvalue weighted by molar-refractivity contribution is 7.05. The maximum atomic E-state index is 2.66. The van der Waals surface area contributed by atoms with Gasteiger partial charge in [-0.05, 0) is 92.4 Å². The number of rotatable bonds is 1. The first kappa shape index (κ1) is 33.0. The van der Waals surface area contributed by atoms with Gasteiger partial charge in [-0.1, -0.05) is 147 Å². The van der Waals surface area contributed by atoms with Crippen LogP contribution in [-0.2, 0) is 5.41 Å². The molecule has 5 aliphatic rings. The van der Waals surface area contributed by atoms with Gasteiger partial charge in [0.15, 0.2) is 0 Å². The van der Waals surface area contributed by atoms with Gasteiger partial charge in [0.25, 0.3) is 13.4 Å². The first-order valence-electron chi connectivity index (χ1n) is 22.4. The molecule has 11 aromatic rings. The molecule has 0 atom stereocenters. The van der Waals surface area contributed by atoms with Crippen LogP contribution in [0.3, 0.4) is 0 Å². The van der Waals surface area contributed by atoms with Crippen molar-refractivity contribution < 1.29 is 0 Å². The van der Waals surface area contributed by atoms with Crippen molar-refractivity contribution in [3.05, 3.63) is 193 Å². The first-order chi connectivity index (χ1) is 31.1. The largest absolute Gasteiger partial charge is 0.312 e. The van der Waals surface area contributed by atoms with Crippen molar-refractivity contribution >= 4 is 124 Å². The molecule has 16 rings (SSSR count). The number of hydrogen-bond acceptors (Lipinski definition) is 2. The zero-order valence-corrected chi connectivity index (χ0v) is 34.8. The van der Waals surface area contributed by atoms with E-state index in [-0.39, 0.29) is 18.8 Å².